The van der Waals surface area contributed by atoms with Crippen molar-refractivity contribution in [2.75, 3.05) is 26.2 Å². The lowest BCUT2D eigenvalue weighted by Crippen LogP contribution is -2.41. The summed E-state index contributed by atoms with van der Waals surface area (Å²) in [5.41, 5.74) is 0. The van der Waals surface area contributed by atoms with Crippen molar-refractivity contribution in [2.45, 2.75) is 52.1 Å². The lowest BCUT2D eigenvalue weighted by molar-refractivity contribution is -0.136. The predicted octanol–water partition coefficient (Wildman–Crippen LogP) is 0.917. The summed E-state index contributed by atoms with van der Waals surface area (Å²) in [6.07, 6.45) is 5.30. The Balaban J connectivity index is 1.49. The van der Waals surface area contributed by atoms with Gasteiger partial charge in [0.1, 0.15) is 0 Å². The van der Waals surface area contributed by atoms with Crippen molar-refractivity contribution in [3.63, 3.8) is 0 Å². The van der Waals surface area contributed by atoms with Gasteiger partial charge in [-0.2, -0.15) is 0 Å². The maximum atomic E-state index is 12.4. The zero-order valence-corrected chi connectivity index (χ0v) is 13.4. The molecule has 3 heterocycles. The average Bonchev–Trinajstić information content (AvgIpc) is 3.20. The fourth-order valence-electron chi connectivity index (χ4n) is 3.46. The molecule has 2 aliphatic rings. The predicted molar refractivity (Wildman–Crippen MR) is 81.9 cm³/mol. The van der Waals surface area contributed by atoms with Crippen LogP contribution in [0.15, 0.2) is 0 Å². The summed E-state index contributed by atoms with van der Waals surface area (Å²) in [5, 5.41) is 11.9. The number of amides is 1. The highest BCUT2D eigenvalue weighted by Gasteiger charge is 2.30. The summed E-state index contributed by atoms with van der Waals surface area (Å²) in [6.45, 7) is 7.63. The summed E-state index contributed by atoms with van der Waals surface area (Å²) in [7, 11) is 0. The Kier molecular flexibility index (Phi) is 5.02. The van der Waals surface area contributed by atoms with Gasteiger partial charge in [-0.1, -0.05) is 6.92 Å². The number of hydrogen-bond donors (Lipinski definition) is 0. The van der Waals surface area contributed by atoms with Crippen LogP contribution in [0.3, 0.4) is 0 Å². The molecule has 1 aromatic heterocycles. The van der Waals surface area contributed by atoms with Crippen LogP contribution in [0.1, 0.15) is 44.9 Å². The van der Waals surface area contributed by atoms with E-state index in [0.29, 0.717) is 5.91 Å². The van der Waals surface area contributed by atoms with Crippen molar-refractivity contribution >= 4 is 5.91 Å². The number of carbonyl (C=O) groups excluding carboxylic acids is 1. The Bertz CT molecular complexity index is 488. The largest absolute Gasteiger partial charge is 0.342 e. The van der Waals surface area contributed by atoms with Gasteiger partial charge < -0.3 is 4.90 Å². The van der Waals surface area contributed by atoms with Gasteiger partial charge in [0.15, 0.2) is 5.82 Å². The van der Waals surface area contributed by atoms with E-state index in [0.717, 1.165) is 64.4 Å². The Labute approximate surface area is 131 Å². The smallest absolute Gasteiger partial charge is 0.225 e. The lowest BCUT2D eigenvalue weighted by atomic mass is 9.95. The number of nitrogens with zero attached hydrogens (tertiary/aromatic N) is 6. The Morgan fingerprint density at radius 2 is 1.91 bits per heavy atom. The van der Waals surface area contributed by atoms with Crippen LogP contribution in [0.4, 0.5) is 0 Å². The Morgan fingerprint density at radius 1 is 1.18 bits per heavy atom. The van der Waals surface area contributed by atoms with E-state index in [1.165, 1.54) is 12.8 Å². The number of aryl methyl sites for hydroxylation is 1. The van der Waals surface area contributed by atoms with Crippen molar-refractivity contribution in [1.82, 2.24) is 30.0 Å². The minimum Gasteiger partial charge on any atom is -0.342 e. The molecular weight excluding hydrogens is 280 g/mol. The maximum absolute atomic E-state index is 12.4. The Morgan fingerprint density at radius 3 is 2.59 bits per heavy atom. The molecule has 1 amide bonds. The molecule has 0 N–H and O–H groups in total. The molecule has 0 unspecified atom stereocenters. The second kappa shape index (κ2) is 7.17. The minimum absolute atomic E-state index is 0.223. The number of carbonyl (C=O) groups is 1. The number of hydrogen-bond acceptors (Lipinski definition) is 5. The van der Waals surface area contributed by atoms with Gasteiger partial charge in [0.25, 0.3) is 0 Å². The second-order valence-electron chi connectivity index (χ2n) is 6.40. The summed E-state index contributed by atoms with van der Waals surface area (Å²) in [6, 6.07) is 0. The van der Waals surface area contributed by atoms with Crippen molar-refractivity contribution in [3.8, 4) is 0 Å². The molecule has 2 saturated heterocycles. The molecule has 0 bridgehead atoms. The summed E-state index contributed by atoms with van der Waals surface area (Å²) in [4.78, 5) is 16.9. The van der Waals surface area contributed by atoms with Gasteiger partial charge in [0, 0.05) is 25.6 Å². The number of piperidine rings is 1. The van der Waals surface area contributed by atoms with Crippen molar-refractivity contribution < 1.29 is 4.79 Å². The standard InChI is InChI=1S/C15H26N6O/c1-2-7-21-14(16-17-18-21)12-19-10-5-13(6-11-19)15(22)20-8-3-4-9-20/h13H,2-12H2,1H3. The Hall–Kier alpha value is -1.50. The molecule has 22 heavy (non-hydrogen) atoms. The van der Waals surface area contributed by atoms with E-state index in [1.54, 1.807) is 0 Å². The molecule has 0 aromatic carbocycles. The highest BCUT2D eigenvalue weighted by atomic mass is 16.2. The molecule has 0 saturated carbocycles. The van der Waals surface area contributed by atoms with Gasteiger partial charge >= 0.3 is 0 Å². The van der Waals surface area contributed by atoms with Gasteiger partial charge in [-0.05, 0) is 55.6 Å². The van der Waals surface area contributed by atoms with Gasteiger partial charge in [-0.25, -0.2) is 4.68 Å². The maximum Gasteiger partial charge on any atom is 0.225 e. The molecule has 122 valence electrons. The number of tetrazole rings is 1. The van der Waals surface area contributed by atoms with Crippen LogP contribution < -0.4 is 0 Å². The van der Waals surface area contributed by atoms with Gasteiger partial charge in [0.05, 0.1) is 6.54 Å². The highest BCUT2D eigenvalue weighted by Crippen LogP contribution is 2.22. The molecule has 2 fully saturated rings. The lowest BCUT2D eigenvalue weighted by Gasteiger charge is -2.32. The van der Waals surface area contributed by atoms with E-state index >= 15 is 0 Å². The van der Waals surface area contributed by atoms with E-state index in [2.05, 4.69) is 32.2 Å². The number of aromatic nitrogens is 4. The molecule has 3 rings (SSSR count). The van der Waals surface area contributed by atoms with Gasteiger partial charge in [-0.15, -0.1) is 5.10 Å². The first-order valence-corrected chi connectivity index (χ1v) is 8.54. The van der Waals surface area contributed by atoms with Crippen molar-refractivity contribution in [2.24, 2.45) is 5.92 Å². The average molecular weight is 306 g/mol. The third-order valence-electron chi connectivity index (χ3n) is 4.76. The fraction of sp³-hybridized carbons (Fsp3) is 0.867. The van der Waals surface area contributed by atoms with Crippen LogP contribution in [0.5, 0.6) is 0 Å². The number of rotatable bonds is 5. The van der Waals surface area contributed by atoms with Crippen LogP contribution in [0.2, 0.25) is 0 Å². The van der Waals surface area contributed by atoms with E-state index in [9.17, 15) is 4.79 Å². The van der Waals surface area contributed by atoms with Crippen LogP contribution in [-0.2, 0) is 17.9 Å². The summed E-state index contributed by atoms with van der Waals surface area (Å²) < 4.78 is 1.89. The zero-order chi connectivity index (χ0) is 15.4. The van der Waals surface area contributed by atoms with E-state index < -0.39 is 0 Å². The quantitative estimate of drug-likeness (QED) is 0.809. The molecule has 1 aromatic rings. The SMILES string of the molecule is CCCn1nnnc1CN1CCC(C(=O)N2CCCC2)CC1. The zero-order valence-electron chi connectivity index (χ0n) is 13.4. The highest BCUT2D eigenvalue weighted by molar-refractivity contribution is 5.79. The van der Waals surface area contributed by atoms with E-state index in [1.807, 2.05) is 4.68 Å². The number of likely N-dealkylation sites (tertiary alicyclic amines) is 2. The molecular formula is C15H26N6O. The first kappa shape index (κ1) is 15.4. The summed E-state index contributed by atoms with van der Waals surface area (Å²) >= 11 is 0. The van der Waals surface area contributed by atoms with Crippen LogP contribution in [0.25, 0.3) is 0 Å². The normalized spacial score (nSPS) is 20.7. The molecule has 0 atom stereocenters. The van der Waals surface area contributed by atoms with Gasteiger partial charge in [-0.3, -0.25) is 9.69 Å². The molecule has 2 aliphatic heterocycles. The molecule has 0 radical (unpaired) electrons. The fourth-order valence-corrected chi connectivity index (χ4v) is 3.46. The molecule has 0 aliphatic carbocycles. The molecule has 0 spiro atoms. The van der Waals surface area contributed by atoms with Crippen molar-refractivity contribution in [1.29, 1.82) is 0 Å². The molecule has 7 nitrogen and oxygen atoms in total. The first-order chi connectivity index (χ1) is 10.8. The van der Waals surface area contributed by atoms with Gasteiger partial charge in [0.2, 0.25) is 5.91 Å². The van der Waals surface area contributed by atoms with Crippen LogP contribution in [-0.4, -0.2) is 62.1 Å². The minimum atomic E-state index is 0.223. The summed E-state index contributed by atoms with van der Waals surface area (Å²) in [5.74, 6) is 1.54. The monoisotopic (exact) mass is 306 g/mol. The topological polar surface area (TPSA) is 67.2 Å². The van der Waals surface area contributed by atoms with E-state index in [4.69, 9.17) is 0 Å². The van der Waals surface area contributed by atoms with E-state index in [-0.39, 0.29) is 5.92 Å². The molecule has 7 heteroatoms. The van der Waals surface area contributed by atoms with Crippen molar-refractivity contribution in [3.05, 3.63) is 5.82 Å². The van der Waals surface area contributed by atoms with Crippen LogP contribution in [0, 0.1) is 5.92 Å². The second-order valence-corrected chi connectivity index (χ2v) is 6.40. The van der Waals surface area contributed by atoms with Crippen LogP contribution >= 0.6 is 0 Å². The third kappa shape index (κ3) is 3.45. The first-order valence-electron chi connectivity index (χ1n) is 8.54. The third-order valence-corrected chi connectivity index (χ3v) is 4.76.